The summed E-state index contributed by atoms with van der Waals surface area (Å²) in [4.78, 5) is 8.91. The summed E-state index contributed by atoms with van der Waals surface area (Å²) in [5, 5.41) is 3.98. The molecule has 0 saturated heterocycles. The van der Waals surface area contributed by atoms with Crippen molar-refractivity contribution in [3.8, 4) is 39.6 Å². The fourth-order valence-corrected chi connectivity index (χ4v) is 10.3. The van der Waals surface area contributed by atoms with Crippen LogP contribution in [0.25, 0.3) is 71.8 Å². The Bertz CT molecular complexity index is 4080. The number of hydrogen-bond acceptors (Lipinski definition) is 5. The zero-order valence-electron chi connectivity index (χ0n) is 45.3. The molecule has 65 heavy (non-hydrogen) atoms. The van der Waals surface area contributed by atoms with Gasteiger partial charge in [0, 0.05) is 17.0 Å². The van der Waals surface area contributed by atoms with Gasteiger partial charge >= 0.3 is 309 Å². The summed E-state index contributed by atoms with van der Waals surface area (Å²) in [5.41, 5.74) is 7.01. The molecule has 0 fully saturated rings. The monoisotopic (exact) mass is 1030 g/mol. The Labute approximate surface area is 402 Å². The van der Waals surface area contributed by atoms with Crippen LogP contribution in [0.3, 0.4) is 0 Å². The Hall–Kier alpha value is -7.40. The van der Waals surface area contributed by atoms with Crippen molar-refractivity contribution < 1.29 is 42.7 Å². The van der Waals surface area contributed by atoms with Crippen LogP contribution >= 0.6 is 0 Å². The summed E-state index contributed by atoms with van der Waals surface area (Å²) >= 11 is 2.25. The molecule has 0 bridgehead atoms. The van der Waals surface area contributed by atoms with Gasteiger partial charge in [0.1, 0.15) is 5.58 Å². The number of nitrogens with zero attached hydrogens (tertiary/aromatic N) is 4. The van der Waals surface area contributed by atoms with E-state index in [2.05, 4.69) is 80.4 Å². The molecule has 3 aromatic heterocycles. The van der Waals surface area contributed by atoms with Gasteiger partial charge in [-0.2, -0.15) is 0 Å². The van der Waals surface area contributed by atoms with Gasteiger partial charge in [0.25, 0.3) is 0 Å². The van der Waals surface area contributed by atoms with Crippen molar-refractivity contribution in [1.82, 2.24) is 9.55 Å². The van der Waals surface area contributed by atoms with Crippen LogP contribution in [0.1, 0.15) is 40.0 Å². The quantitative estimate of drug-likeness (QED) is 0.159. The number of hydrogen-bond donors (Lipinski definition) is 0. The summed E-state index contributed by atoms with van der Waals surface area (Å²) in [5.74, 6) is 1.86. The Morgan fingerprint density at radius 1 is 0.615 bits per heavy atom. The molecule has 1 aliphatic heterocycles. The van der Waals surface area contributed by atoms with Crippen molar-refractivity contribution in [2.75, 3.05) is 9.80 Å². The molecule has 0 aliphatic carbocycles. The zero-order chi connectivity index (χ0) is 52.5. The molecule has 0 amide bonds. The third-order valence-corrected chi connectivity index (χ3v) is 13.2. The molecule has 1 unspecified atom stereocenters. The second kappa shape index (κ2) is 15.4. The molecule has 6 nitrogen and oxygen atoms in total. The molecule has 0 N–H and O–H groups in total. The van der Waals surface area contributed by atoms with Crippen molar-refractivity contribution in [3.05, 3.63) is 206 Å². The zero-order valence-corrected chi connectivity index (χ0v) is 37.6. The Kier molecular flexibility index (Phi) is 7.07. The molecule has 1 atom stereocenters. The van der Waals surface area contributed by atoms with Crippen LogP contribution in [-0.2, 0) is 25.2 Å². The van der Waals surface area contributed by atoms with E-state index in [0.29, 0.717) is 17.2 Å². The first-order valence-electron chi connectivity index (χ1n) is 26.1. The average Bonchev–Trinajstić information content (AvgIpc) is 4.08. The van der Waals surface area contributed by atoms with Crippen LogP contribution in [0.2, 0.25) is 0 Å². The van der Waals surface area contributed by atoms with E-state index in [0.717, 1.165) is 66.5 Å². The van der Waals surface area contributed by atoms with E-state index in [1.807, 2.05) is 96.0 Å². The molecule has 12 rings (SSSR count). The first kappa shape index (κ1) is 29.9. The van der Waals surface area contributed by atoms with Gasteiger partial charge in [0.2, 0.25) is 0 Å². The number of para-hydroxylation sites is 4. The SMILES string of the molecule is [2H]c1c([2H])c([2H])c(-c2cccc(-c3c([2H])c([2H])c([2H])c([2H])c3[2H])c2N2c3ccccc3N(c3cccc(Oc4ccc5c6c7oc8ccccc8c7ccc6n(-c6cc(C(C)(C)C)ccn6)c5c4)c3)[CH]2[Pt+])c([2H])c1[2H]. The van der Waals surface area contributed by atoms with Gasteiger partial charge in [-0.15, -0.1) is 0 Å². The Balaban J connectivity index is 1.00. The summed E-state index contributed by atoms with van der Waals surface area (Å²) in [6.45, 7) is 6.54. The van der Waals surface area contributed by atoms with Gasteiger partial charge in [-0.25, -0.2) is 0 Å². The number of anilines is 4. The molecule has 0 radical (unpaired) electrons. The Morgan fingerprint density at radius 2 is 1.28 bits per heavy atom. The van der Waals surface area contributed by atoms with Crippen LogP contribution in [0.15, 0.2) is 204 Å². The maximum atomic E-state index is 9.11. The first-order valence-corrected chi connectivity index (χ1v) is 22.4. The van der Waals surface area contributed by atoms with Crippen molar-refractivity contribution in [2.24, 2.45) is 0 Å². The summed E-state index contributed by atoms with van der Waals surface area (Å²) in [6.07, 6.45) is 1.85. The standard InChI is InChI=1S/C58H43N4O2.Pt/c1-58(2,3)40-32-33-59-54(34-40)62-51-31-30-47-46-22-10-13-27-53(46)64-57(47)55(51)48-29-28-43(36-52(48)62)63-42-21-14-20-41(35-42)60-37-61(50-26-12-11-25-49(50)60)56-44(38-16-6-4-7-17-38)23-15-24-45(56)39-18-8-5-9-19-39;/h4-37H,1-3H3;/q;+1/i4D,5D,6D,7D,8D,9D,16D,17D,18D,19D;. The van der Waals surface area contributed by atoms with E-state index in [-0.39, 0.29) is 33.4 Å². The van der Waals surface area contributed by atoms with E-state index in [9.17, 15) is 0 Å². The third-order valence-electron chi connectivity index (χ3n) is 12.0. The van der Waals surface area contributed by atoms with Crippen molar-refractivity contribution in [3.63, 3.8) is 0 Å². The molecule has 0 spiro atoms. The number of rotatable bonds is 7. The summed E-state index contributed by atoms with van der Waals surface area (Å²) in [6, 6.07) is 37.6. The van der Waals surface area contributed by atoms with Gasteiger partial charge in [0.15, 0.2) is 0 Å². The Morgan fingerprint density at radius 3 is 2.02 bits per heavy atom. The second-order valence-corrected chi connectivity index (χ2v) is 18.1. The van der Waals surface area contributed by atoms with Crippen LogP contribution < -0.4 is 14.5 Å². The minimum atomic E-state index is -0.648. The van der Waals surface area contributed by atoms with E-state index in [1.54, 1.807) is 18.2 Å². The van der Waals surface area contributed by atoms with Crippen molar-refractivity contribution >= 4 is 66.5 Å². The molecular formula is C58H43N4O2Pt+. The van der Waals surface area contributed by atoms with Crippen molar-refractivity contribution in [1.29, 1.82) is 0 Å². The van der Waals surface area contributed by atoms with Crippen LogP contribution in [0.4, 0.5) is 22.7 Å². The van der Waals surface area contributed by atoms with E-state index in [4.69, 9.17) is 27.8 Å². The number of furan rings is 1. The van der Waals surface area contributed by atoms with Crippen LogP contribution in [-0.4, -0.2) is 14.1 Å². The number of ether oxygens (including phenoxy) is 1. The van der Waals surface area contributed by atoms with E-state index >= 15 is 0 Å². The molecule has 7 heteroatoms. The number of benzene rings is 8. The molecule has 1 aliphatic rings. The molecule has 8 aromatic carbocycles. The van der Waals surface area contributed by atoms with Crippen molar-refractivity contribution in [2.45, 2.75) is 30.7 Å². The topological polar surface area (TPSA) is 46.7 Å². The minimum absolute atomic E-state index is 0.101. The van der Waals surface area contributed by atoms with E-state index in [1.165, 1.54) is 0 Å². The van der Waals surface area contributed by atoms with Gasteiger partial charge < -0.3 is 4.42 Å². The summed E-state index contributed by atoms with van der Waals surface area (Å²) < 4.78 is 103. The second-order valence-electron chi connectivity index (χ2n) is 16.9. The van der Waals surface area contributed by atoms with Crippen LogP contribution in [0, 0.1) is 0 Å². The molecule has 4 heterocycles. The van der Waals surface area contributed by atoms with Gasteiger partial charge in [-0.05, 0) is 29.2 Å². The number of pyridine rings is 1. The number of fused-ring (bicyclic) bond motifs is 8. The van der Waals surface area contributed by atoms with E-state index < -0.39 is 65.0 Å². The van der Waals surface area contributed by atoms with Gasteiger partial charge in [-0.1, -0.05) is 39.0 Å². The van der Waals surface area contributed by atoms with Gasteiger partial charge in [-0.3, -0.25) is 0 Å². The fourth-order valence-electron chi connectivity index (χ4n) is 9.06. The number of aromatic nitrogens is 2. The maximum absolute atomic E-state index is 9.11. The normalized spacial score (nSPS) is 16.1. The summed E-state index contributed by atoms with van der Waals surface area (Å²) in [7, 11) is 0. The molecular weight excluding hydrogens is 980 g/mol. The third kappa shape index (κ3) is 6.54. The first-order chi connectivity index (χ1) is 35.9. The predicted molar refractivity (Wildman–Crippen MR) is 263 cm³/mol. The average molecular weight is 1030 g/mol. The van der Waals surface area contributed by atoms with Crippen LogP contribution in [0.5, 0.6) is 11.5 Å². The molecule has 316 valence electrons. The molecule has 11 aromatic rings. The molecule has 0 saturated carbocycles. The predicted octanol–water partition coefficient (Wildman–Crippen LogP) is 15.6. The van der Waals surface area contributed by atoms with Gasteiger partial charge in [0.05, 0.1) is 0 Å². The fraction of sp³-hybridized carbons (Fsp3) is 0.0862.